The number of nitrogens with one attached hydrogen (secondary N) is 1. The highest BCUT2D eigenvalue weighted by Gasteiger charge is 2.26. The normalized spacial score (nSPS) is 17.4. The SMILES string of the molecule is CCc1noc(C(C)N2CCN(c3ccc(S(=O)(=O)NC)cn3)CC2)n1. The second kappa shape index (κ2) is 7.68. The summed E-state index contributed by atoms with van der Waals surface area (Å²) in [6.07, 6.45) is 2.15. The fourth-order valence-electron chi connectivity index (χ4n) is 2.91. The van der Waals surface area contributed by atoms with E-state index in [9.17, 15) is 8.42 Å². The van der Waals surface area contributed by atoms with Crippen molar-refractivity contribution in [3.63, 3.8) is 0 Å². The van der Waals surface area contributed by atoms with Gasteiger partial charge < -0.3 is 9.42 Å². The lowest BCUT2D eigenvalue weighted by molar-refractivity contribution is 0.164. The van der Waals surface area contributed by atoms with Crippen LogP contribution in [0.25, 0.3) is 0 Å². The number of hydrogen-bond donors (Lipinski definition) is 1. The Morgan fingerprint density at radius 1 is 1.27 bits per heavy atom. The van der Waals surface area contributed by atoms with Crippen molar-refractivity contribution >= 4 is 15.8 Å². The second-order valence-corrected chi connectivity index (χ2v) is 8.05. The van der Waals surface area contributed by atoms with Gasteiger partial charge in [0.1, 0.15) is 10.7 Å². The maximum atomic E-state index is 11.8. The summed E-state index contributed by atoms with van der Waals surface area (Å²) in [6.45, 7) is 7.33. The highest BCUT2D eigenvalue weighted by molar-refractivity contribution is 7.89. The van der Waals surface area contributed by atoms with E-state index < -0.39 is 10.0 Å². The van der Waals surface area contributed by atoms with Crippen molar-refractivity contribution < 1.29 is 12.9 Å². The maximum absolute atomic E-state index is 11.8. The van der Waals surface area contributed by atoms with E-state index in [-0.39, 0.29) is 10.9 Å². The van der Waals surface area contributed by atoms with Gasteiger partial charge in [-0.3, -0.25) is 4.90 Å². The van der Waals surface area contributed by atoms with Gasteiger partial charge in [0.05, 0.1) is 6.04 Å². The summed E-state index contributed by atoms with van der Waals surface area (Å²) in [5.74, 6) is 2.15. The number of pyridine rings is 1. The third kappa shape index (κ3) is 3.87. The fourth-order valence-corrected chi connectivity index (χ4v) is 3.59. The summed E-state index contributed by atoms with van der Waals surface area (Å²) in [5, 5.41) is 3.96. The zero-order valence-corrected chi connectivity index (χ0v) is 16.0. The third-order valence-corrected chi connectivity index (χ3v) is 6.04. The molecular formula is C16H24N6O3S. The van der Waals surface area contributed by atoms with Crippen LogP contribution < -0.4 is 9.62 Å². The van der Waals surface area contributed by atoms with Gasteiger partial charge >= 0.3 is 0 Å². The molecule has 2 aromatic heterocycles. The predicted octanol–water partition coefficient (Wildman–Crippen LogP) is 0.818. The van der Waals surface area contributed by atoms with E-state index in [1.807, 2.05) is 6.92 Å². The van der Waals surface area contributed by atoms with E-state index >= 15 is 0 Å². The van der Waals surface area contributed by atoms with Gasteiger partial charge in [-0.25, -0.2) is 18.1 Å². The zero-order chi connectivity index (χ0) is 18.7. The minimum Gasteiger partial charge on any atom is -0.354 e. The first kappa shape index (κ1) is 18.7. The molecule has 0 aromatic carbocycles. The standard InChI is InChI=1S/C16H24N6O3S/c1-4-14-19-16(25-20-14)12(2)21-7-9-22(10-8-21)15-6-5-13(11-18-15)26(23,24)17-3/h5-6,11-12,17H,4,7-10H2,1-3H3. The molecule has 1 unspecified atom stereocenters. The molecule has 9 nitrogen and oxygen atoms in total. The van der Waals surface area contributed by atoms with Crippen LogP contribution in [0, 0.1) is 0 Å². The van der Waals surface area contributed by atoms with Crippen LogP contribution in [0.5, 0.6) is 0 Å². The summed E-state index contributed by atoms with van der Waals surface area (Å²) >= 11 is 0. The van der Waals surface area contributed by atoms with Crippen molar-refractivity contribution in [3.05, 3.63) is 30.0 Å². The first-order valence-corrected chi connectivity index (χ1v) is 10.1. The van der Waals surface area contributed by atoms with E-state index in [2.05, 4.69) is 36.6 Å². The average molecular weight is 380 g/mol. The van der Waals surface area contributed by atoms with Crippen LogP contribution in [0.2, 0.25) is 0 Å². The molecular weight excluding hydrogens is 356 g/mol. The number of hydrogen-bond acceptors (Lipinski definition) is 8. The van der Waals surface area contributed by atoms with Crippen LogP contribution in [-0.2, 0) is 16.4 Å². The summed E-state index contributed by atoms with van der Waals surface area (Å²) in [4.78, 5) is 13.3. The van der Waals surface area contributed by atoms with E-state index in [0.717, 1.165) is 44.2 Å². The van der Waals surface area contributed by atoms with E-state index in [0.29, 0.717) is 5.89 Å². The summed E-state index contributed by atoms with van der Waals surface area (Å²) in [6, 6.07) is 3.39. The molecule has 1 N–H and O–H groups in total. The summed E-state index contributed by atoms with van der Waals surface area (Å²) in [5.41, 5.74) is 0. The number of sulfonamides is 1. The highest BCUT2D eigenvalue weighted by Crippen LogP contribution is 2.22. The molecule has 0 saturated carbocycles. The molecule has 1 aliphatic heterocycles. The van der Waals surface area contributed by atoms with E-state index in [1.54, 1.807) is 12.1 Å². The van der Waals surface area contributed by atoms with Gasteiger partial charge in [-0.2, -0.15) is 4.98 Å². The fraction of sp³-hybridized carbons (Fsp3) is 0.562. The van der Waals surface area contributed by atoms with Gasteiger partial charge in [0.25, 0.3) is 0 Å². The number of anilines is 1. The first-order chi connectivity index (χ1) is 12.4. The van der Waals surface area contributed by atoms with Crippen molar-refractivity contribution in [2.24, 2.45) is 0 Å². The van der Waals surface area contributed by atoms with Crippen molar-refractivity contribution in [1.82, 2.24) is 24.7 Å². The number of piperazine rings is 1. The zero-order valence-electron chi connectivity index (χ0n) is 15.2. The van der Waals surface area contributed by atoms with Gasteiger partial charge in [0.2, 0.25) is 15.9 Å². The Labute approximate surface area is 153 Å². The minimum absolute atomic E-state index is 0.0704. The molecule has 0 radical (unpaired) electrons. The smallest absolute Gasteiger partial charge is 0.243 e. The van der Waals surface area contributed by atoms with E-state index in [4.69, 9.17) is 4.52 Å². The molecule has 10 heteroatoms. The molecule has 0 amide bonds. The van der Waals surface area contributed by atoms with Crippen molar-refractivity contribution in [1.29, 1.82) is 0 Å². The first-order valence-electron chi connectivity index (χ1n) is 8.65. The molecule has 1 saturated heterocycles. The lowest BCUT2D eigenvalue weighted by Gasteiger charge is -2.37. The number of aryl methyl sites for hydroxylation is 1. The molecule has 1 fully saturated rings. The van der Waals surface area contributed by atoms with Gasteiger partial charge in [-0.15, -0.1) is 0 Å². The van der Waals surface area contributed by atoms with Crippen molar-refractivity contribution in [2.75, 3.05) is 38.1 Å². The third-order valence-electron chi connectivity index (χ3n) is 4.64. The lowest BCUT2D eigenvalue weighted by atomic mass is 10.2. The Morgan fingerprint density at radius 2 is 2.00 bits per heavy atom. The maximum Gasteiger partial charge on any atom is 0.243 e. The van der Waals surface area contributed by atoms with Crippen LogP contribution in [0.4, 0.5) is 5.82 Å². The predicted molar refractivity (Wildman–Crippen MR) is 96.4 cm³/mol. The molecule has 0 spiro atoms. The highest BCUT2D eigenvalue weighted by atomic mass is 32.2. The average Bonchev–Trinajstić information content (AvgIpc) is 3.17. The van der Waals surface area contributed by atoms with Crippen LogP contribution in [0.3, 0.4) is 0 Å². The Hall–Kier alpha value is -2.04. The Bertz CT molecular complexity index is 828. The van der Waals surface area contributed by atoms with Gasteiger partial charge in [-0.05, 0) is 26.1 Å². The van der Waals surface area contributed by atoms with Crippen molar-refractivity contribution in [3.8, 4) is 0 Å². The van der Waals surface area contributed by atoms with Gasteiger partial charge in [-0.1, -0.05) is 12.1 Å². The molecule has 26 heavy (non-hydrogen) atoms. The van der Waals surface area contributed by atoms with Crippen LogP contribution in [0.15, 0.2) is 27.7 Å². The molecule has 1 atom stereocenters. The number of rotatable bonds is 6. The lowest BCUT2D eigenvalue weighted by Crippen LogP contribution is -2.47. The van der Waals surface area contributed by atoms with Crippen LogP contribution in [-0.4, -0.2) is 61.7 Å². The van der Waals surface area contributed by atoms with Crippen LogP contribution in [0.1, 0.15) is 31.6 Å². The Morgan fingerprint density at radius 3 is 2.54 bits per heavy atom. The molecule has 2 aromatic rings. The minimum atomic E-state index is -3.46. The number of nitrogens with zero attached hydrogens (tertiary/aromatic N) is 5. The topological polar surface area (TPSA) is 104 Å². The van der Waals surface area contributed by atoms with Crippen molar-refractivity contribution in [2.45, 2.75) is 31.2 Å². The second-order valence-electron chi connectivity index (χ2n) is 6.16. The number of aromatic nitrogens is 3. The largest absolute Gasteiger partial charge is 0.354 e. The monoisotopic (exact) mass is 380 g/mol. The summed E-state index contributed by atoms with van der Waals surface area (Å²) < 4.78 is 31.2. The molecule has 0 bridgehead atoms. The molecule has 1 aliphatic rings. The quantitative estimate of drug-likeness (QED) is 0.785. The molecule has 0 aliphatic carbocycles. The van der Waals surface area contributed by atoms with Gasteiger partial charge in [0.15, 0.2) is 5.82 Å². The van der Waals surface area contributed by atoms with Gasteiger partial charge in [0, 0.05) is 38.8 Å². The van der Waals surface area contributed by atoms with E-state index in [1.165, 1.54) is 13.2 Å². The Balaban J connectivity index is 1.61. The molecule has 3 rings (SSSR count). The summed E-state index contributed by atoms with van der Waals surface area (Å²) in [7, 11) is -2.07. The van der Waals surface area contributed by atoms with Crippen LogP contribution >= 0.6 is 0 Å². The molecule has 142 valence electrons. The molecule has 3 heterocycles. The Kier molecular flexibility index (Phi) is 5.54.